The van der Waals surface area contributed by atoms with Crippen LogP contribution in [-0.2, 0) is 9.53 Å². The van der Waals surface area contributed by atoms with Gasteiger partial charge in [0.15, 0.2) is 0 Å². The number of nitrogens with one attached hydrogen (secondary N) is 1. The third-order valence-corrected chi connectivity index (χ3v) is 4.84. The Morgan fingerprint density at radius 1 is 1.34 bits per heavy atom. The van der Waals surface area contributed by atoms with Crippen molar-refractivity contribution in [2.24, 2.45) is 0 Å². The van der Waals surface area contributed by atoms with E-state index in [-0.39, 0.29) is 6.10 Å². The number of hydrogen-bond donors (Lipinski definition) is 2. The molecule has 1 saturated heterocycles. The fourth-order valence-electron chi connectivity index (χ4n) is 3.38. The van der Waals surface area contributed by atoms with Crippen LogP contribution in [0.2, 0.25) is 0 Å². The van der Waals surface area contributed by atoms with E-state index in [0.29, 0.717) is 35.7 Å². The van der Waals surface area contributed by atoms with Crippen LogP contribution in [0.15, 0.2) is 42.7 Å². The number of hydrogen-bond acceptors (Lipinski definition) is 5. The summed E-state index contributed by atoms with van der Waals surface area (Å²) in [5.41, 5.74) is 3.58. The van der Waals surface area contributed by atoms with Crippen LogP contribution in [0.4, 0.5) is 0 Å². The standard InChI is InChI=1S/C22H19N3O4/c23-11-16-10-15(2-3-20(16)29-17-5-7-28-8-6-17)19-13-25-22-18(19)9-14(12-24-22)1-4-21(26)27/h1-4,9-10,12-13,17H,5-8H2,(H,24,25)(H,26,27). The quantitative estimate of drug-likeness (QED) is 0.643. The van der Waals surface area contributed by atoms with Gasteiger partial charge in [-0.15, -0.1) is 0 Å². The molecule has 0 atom stereocenters. The first-order valence-corrected chi connectivity index (χ1v) is 9.31. The summed E-state index contributed by atoms with van der Waals surface area (Å²) in [6, 6.07) is 9.63. The van der Waals surface area contributed by atoms with Gasteiger partial charge in [0.25, 0.3) is 0 Å². The van der Waals surface area contributed by atoms with Crippen molar-refractivity contribution in [1.82, 2.24) is 9.97 Å². The van der Waals surface area contributed by atoms with Crippen LogP contribution in [0.1, 0.15) is 24.0 Å². The van der Waals surface area contributed by atoms with E-state index >= 15 is 0 Å². The van der Waals surface area contributed by atoms with Crippen LogP contribution < -0.4 is 4.74 Å². The fraction of sp³-hybridized carbons (Fsp3) is 0.227. The fourth-order valence-corrected chi connectivity index (χ4v) is 3.38. The van der Waals surface area contributed by atoms with Crippen molar-refractivity contribution in [2.45, 2.75) is 18.9 Å². The number of fused-ring (bicyclic) bond motifs is 1. The van der Waals surface area contributed by atoms with Crippen molar-refractivity contribution in [1.29, 1.82) is 5.26 Å². The number of ether oxygens (including phenoxy) is 2. The van der Waals surface area contributed by atoms with Crippen molar-refractivity contribution < 1.29 is 19.4 Å². The predicted octanol–water partition coefficient (Wildman–Crippen LogP) is 3.76. The number of benzene rings is 1. The molecule has 0 amide bonds. The van der Waals surface area contributed by atoms with E-state index in [0.717, 1.165) is 35.4 Å². The van der Waals surface area contributed by atoms with Crippen molar-refractivity contribution in [3.8, 4) is 22.9 Å². The highest BCUT2D eigenvalue weighted by atomic mass is 16.5. The van der Waals surface area contributed by atoms with Crippen LogP contribution in [0.25, 0.3) is 28.2 Å². The monoisotopic (exact) mass is 389 g/mol. The summed E-state index contributed by atoms with van der Waals surface area (Å²) in [5.74, 6) is -0.440. The number of carboxylic acids is 1. The van der Waals surface area contributed by atoms with E-state index in [1.807, 2.05) is 24.4 Å². The molecule has 29 heavy (non-hydrogen) atoms. The number of carboxylic acid groups (broad SMARTS) is 1. The van der Waals surface area contributed by atoms with Gasteiger partial charge in [-0.1, -0.05) is 6.07 Å². The first kappa shape index (κ1) is 18.7. The maximum absolute atomic E-state index is 10.8. The molecular formula is C22H19N3O4. The van der Waals surface area contributed by atoms with Crippen molar-refractivity contribution >= 4 is 23.1 Å². The molecule has 2 aromatic heterocycles. The first-order chi connectivity index (χ1) is 14.1. The second-order valence-corrected chi connectivity index (χ2v) is 6.79. The predicted molar refractivity (Wildman–Crippen MR) is 107 cm³/mol. The molecule has 4 rings (SSSR count). The molecular weight excluding hydrogens is 370 g/mol. The Morgan fingerprint density at radius 2 is 2.17 bits per heavy atom. The number of aliphatic carboxylic acids is 1. The number of aromatic nitrogens is 2. The number of aromatic amines is 1. The van der Waals surface area contributed by atoms with Gasteiger partial charge in [-0.2, -0.15) is 5.26 Å². The average molecular weight is 389 g/mol. The zero-order valence-corrected chi connectivity index (χ0v) is 15.6. The average Bonchev–Trinajstić information content (AvgIpc) is 3.16. The molecule has 0 aliphatic carbocycles. The van der Waals surface area contributed by atoms with Crippen LogP contribution in [0, 0.1) is 11.3 Å². The topological polar surface area (TPSA) is 108 Å². The van der Waals surface area contributed by atoms with Gasteiger partial charge in [0.05, 0.1) is 18.8 Å². The molecule has 0 spiro atoms. The molecule has 0 radical (unpaired) electrons. The molecule has 7 heteroatoms. The minimum atomic E-state index is -1.02. The van der Waals surface area contributed by atoms with E-state index in [9.17, 15) is 10.1 Å². The van der Waals surface area contributed by atoms with E-state index in [1.165, 1.54) is 6.08 Å². The minimum Gasteiger partial charge on any atom is -0.489 e. The Morgan fingerprint density at radius 3 is 2.93 bits per heavy atom. The number of rotatable bonds is 5. The lowest BCUT2D eigenvalue weighted by Crippen LogP contribution is -2.26. The minimum absolute atomic E-state index is 0.0579. The highest BCUT2D eigenvalue weighted by molar-refractivity contribution is 5.95. The molecule has 3 aromatic rings. The summed E-state index contributed by atoms with van der Waals surface area (Å²) >= 11 is 0. The highest BCUT2D eigenvalue weighted by Crippen LogP contribution is 2.32. The molecule has 0 bridgehead atoms. The molecule has 0 unspecified atom stereocenters. The first-order valence-electron chi connectivity index (χ1n) is 9.31. The summed E-state index contributed by atoms with van der Waals surface area (Å²) in [5, 5.41) is 19.3. The van der Waals surface area contributed by atoms with Gasteiger partial charge in [0, 0.05) is 42.3 Å². The van der Waals surface area contributed by atoms with Crippen molar-refractivity contribution in [3.63, 3.8) is 0 Å². The van der Waals surface area contributed by atoms with Crippen LogP contribution in [0.5, 0.6) is 5.75 Å². The summed E-state index contributed by atoms with van der Waals surface area (Å²) in [4.78, 5) is 18.2. The van der Waals surface area contributed by atoms with Crippen LogP contribution >= 0.6 is 0 Å². The van der Waals surface area contributed by atoms with Crippen molar-refractivity contribution in [3.05, 3.63) is 53.9 Å². The van der Waals surface area contributed by atoms with Crippen LogP contribution in [-0.4, -0.2) is 40.4 Å². The zero-order valence-electron chi connectivity index (χ0n) is 15.6. The summed E-state index contributed by atoms with van der Waals surface area (Å²) < 4.78 is 11.4. The van der Waals surface area contributed by atoms with Gasteiger partial charge in [-0.05, 0) is 35.4 Å². The highest BCUT2D eigenvalue weighted by Gasteiger charge is 2.18. The summed E-state index contributed by atoms with van der Waals surface area (Å²) in [7, 11) is 0. The van der Waals surface area contributed by atoms with Gasteiger partial charge in [0.2, 0.25) is 0 Å². The Hall–Kier alpha value is -3.63. The SMILES string of the molecule is N#Cc1cc(-c2c[nH]c3ncc(C=CC(=O)O)cc23)ccc1OC1CCOCC1. The normalized spacial score (nSPS) is 14.9. The maximum atomic E-state index is 10.8. The van der Waals surface area contributed by atoms with Gasteiger partial charge in [-0.25, -0.2) is 9.78 Å². The molecule has 3 heterocycles. The molecule has 1 aliphatic heterocycles. The molecule has 7 nitrogen and oxygen atoms in total. The summed E-state index contributed by atoms with van der Waals surface area (Å²) in [6.45, 7) is 1.34. The van der Waals surface area contributed by atoms with E-state index in [1.54, 1.807) is 12.3 Å². The smallest absolute Gasteiger partial charge is 0.328 e. The third kappa shape index (κ3) is 4.13. The molecule has 1 fully saturated rings. The Labute approximate surface area is 167 Å². The van der Waals surface area contributed by atoms with Crippen molar-refractivity contribution in [2.75, 3.05) is 13.2 Å². The summed E-state index contributed by atoms with van der Waals surface area (Å²) in [6.07, 6.45) is 7.69. The second-order valence-electron chi connectivity index (χ2n) is 6.79. The molecule has 0 saturated carbocycles. The van der Waals surface area contributed by atoms with Gasteiger partial charge in [0.1, 0.15) is 23.6 Å². The number of H-pyrrole nitrogens is 1. The zero-order chi connectivity index (χ0) is 20.2. The van der Waals surface area contributed by atoms with E-state index < -0.39 is 5.97 Å². The second kappa shape index (κ2) is 8.17. The van der Waals surface area contributed by atoms with Crippen LogP contribution in [0.3, 0.4) is 0 Å². The number of nitrogens with zero attached hydrogens (tertiary/aromatic N) is 2. The molecule has 2 N–H and O–H groups in total. The lowest BCUT2D eigenvalue weighted by Gasteiger charge is -2.23. The molecule has 146 valence electrons. The maximum Gasteiger partial charge on any atom is 0.328 e. The number of pyridine rings is 1. The third-order valence-electron chi connectivity index (χ3n) is 4.84. The number of nitriles is 1. The lowest BCUT2D eigenvalue weighted by atomic mass is 10.0. The Kier molecular flexibility index (Phi) is 5.27. The molecule has 1 aliphatic rings. The largest absolute Gasteiger partial charge is 0.489 e. The Bertz CT molecular complexity index is 1120. The van der Waals surface area contributed by atoms with Gasteiger partial charge in [-0.3, -0.25) is 0 Å². The van der Waals surface area contributed by atoms with Gasteiger partial charge >= 0.3 is 5.97 Å². The van der Waals surface area contributed by atoms with E-state index in [2.05, 4.69) is 16.0 Å². The van der Waals surface area contributed by atoms with Gasteiger partial charge < -0.3 is 19.6 Å². The van der Waals surface area contributed by atoms with E-state index in [4.69, 9.17) is 14.6 Å². The number of carbonyl (C=O) groups is 1. The lowest BCUT2D eigenvalue weighted by molar-refractivity contribution is -0.131. The Balaban J connectivity index is 1.67. The molecule has 1 aromatic carbocycles.